The minimum absolute atomic E-state index is 0.153. The Morgan fingerprint density at radius 3 is 2.69 bits per heavy atom. The van der Waals surface area contributed by atoms with Crippen molar-refractivity contribution in [3.05, 3.63) is 29.8 Å². The summed E-state index contributed by atoms with van der Waals surface area (Å²) in [5, 5.41) is 0. The molecule has 3 heteroatoms. The second kappa shape index (κ2) is 5.12. The molecule has 0 saturated heterocycles. The van der Waals surface area contributed by atoms with Crippen LogP contribution in [-0.4, -0.2) is 18.4 Å². The molecular formula is C13H19NO2. The van der Waals surface area contributed by atoms with E-state index < -0.39 is 5.54 Å². The van der Waals surface area contributed by atoms with Crippen molar-refractivity contribution in [3.8, 4) is 5.75 Å². The molecule has 0 spiro atoms. The molecule has 0 aliphatic rings. The van der Waals surface area contributed by atoms with Crippen LogP contribution in [0.3, 0.4) is 0 Å². The molecule has 1 rings (SSSR count). The van der Waals surface area contributed by atoms with E-state index in [1.807, 2.05) is 38.1 Å². The Kier molecular flexibility index (Phi) is 4.07. The van der Waals surface area contributed by atoms with Gasteiger partial charge in [0.05, 0.1) is 7.11 Å². The summed E-state index contributed by atoms with van der Waals surface area (Å²) in [5.41, 5.74) is 6.33. The number of hydrogen-bond acceptors (Lipinski definition) is 3. The smallest absolute Gasteiger partial charge is 0.139 e. The first-order chi connectivity index (χ1) is 7.40. The summed E-state index contributed by atoms with van der Waals surface area (Å²) in [6.45, 7) is 3.72. The molecular weight excluding hydrogens is 202 g/mol. The molecule has 16 heavy (non-hydrogen) atoms. The number of rotatable bonds is 5. The molecule has 0 aliphatic heterocycles. The highest BCUT2D eigenvalue weighted by Gasteiger charge is 2.16. The highest BCUT2D eigenvalue weighted by Crippen LogP contribution is 2.15. The topological polar surface area (TPSA) is 52.3 Å². The largest absolute Gasteiger partial charge is 0.497 e. The number of ether oxygens (including phenoxy) is 1. The van der Waals surface area contributed by atoms with Gasteiger partial charge < -0.3 is 10.5 Å². The minimum Gasteiger partial charge on any atom is -0.497 e. The summed E-state index contributed by atoms with van der Waals surface area (Å²) < 4.78 is 5.10. The van der Waals surface area contributed by atoms with Gasteiger partial charge in [0.25, 0.3) is 0 Å². The fourth-order valence-corrected chi connectivity index (χ4v) is 1.58. The molecule has 0 aliphatic carbocycles. The highest BCUT2D eigenvalue weighted by atomic mass is 16.5. The minimum atomic E-state index is -0.435. The van der Waals surface area contributed by atoms with Crippen LogP contribution in [0.25, 0.3) is 0 Å². The van der Waals surface area contributed by atoms with E-state index in [-0.39, 0.29) is 5.78 Å². The van der Waals surface area contributed by atoms with E-state index in [9.17, 15) is 4.79 Å². The van der Waals surface area contributed by atoms with E-state index in [1.165, 1.54) is 0 Å². The van der Waals surface area contributed by atoms with Gasteiger partial charge in [-0.05, 0) is 31.5 Å². The molecule has 0 atom stereocenters. The maximum absolute atomic E-state index is 11.7. The normalized spacial score (nSPS) is 11.2. The zero-order valence-corrected chi connectivity index (χ0v) is 10.1. The fraction of sp³-hybridized carbons (Fsp3) is 0.462. The Morgan fingerprint density at radius 1 is 1.44 bits per heavy atom. The number of nitrogens with two attached hydrogens (primary N) is 1. The van der Waals surface area contributed by atoms with Crippen LogP contribution in [0.15, 0.2) is 24.3 Å². The SMILES string of the molecule is COc1cccc(CC(=O)CC(C)(C)N)c1. The third kappa shape index (κ3) is 4.45. The Labute approximate surface area is 96.6 Å². The zero-order chi connectivity index (χ0) is 12.2. The molecule has 0 radical (unpaired) electrons. The monoisotopic (exact) mass is 221 g/mol. The second-order valence-electron chi connectivity index (χ2n) is 4.73. The van der Waals surface area contributed by atoms with E-state index in [0.29, 0.717) is 12.8 Å². The maximum Gasteiger partial charge on any atom is 0.139 e. The lowest BCUT2D eigenvalue weighted by Crippen LogP contribution is -2.35. The zero-order valence-electron chi connectivity index (χ0n) is 10.1. The van der Waals surface area contributed by atoms with Crippen LogP contribution in [0.1, 0.15) is 25.8 Å². The first-order valence-corrected chi connectivity index (χ1v) is 5.34. The number of benzene rings is 1. The van der Waals surface area contributed by atoms with E-state index in [4.69, 9.17) is 10.5 Å². The van der Waals surface area contributed by atoms with Gasteiger partial charge in [0.15, 0.2) is 0 Å². The van der Waals surface area contributed by atoms with Crippen LogP contribution >= 0.6 is 0 Å². The van der Waals surface area contributed by atoms with Crippen LogP contribution in [-0.2, 0) is 11.2 Å². The molecule has 0 bridgehead atoms. The second-order valence-corrected chi connectivity index (χ2v) is 4.73. The molecule has 0 unspecified atom stereocenters. The van der Waals surface area contributed by atoms with Gasteiger partial charge >= 0.3 is 0 Å². The molecule has 0 heterocycles. The Morgan fingerprint density at radius 2 is 2.12 bits per heavy atom. The number of carbonyl (C=O) groups excluding carboxylic acids is 1. The maximum atomic E-state index is 11.7. The summed E-state index contributed by atoms with van der Waals surface area (Å²) >= 11 is 0. The van der Waals surface area contributed by atoms with Gasteiger partial charge in [-0.3, -0.25) is 4.79 Å². The van der Waals surface area contributed by atoms with Gasteiger partial charge in [0.1, 0.15) is 11.5 Å². The highest BCUT2D eigenvalue weighted by molar-refractivity contribution is 5.81. The Bertz CT molecular complexity index is 366. The molecule has 0 saturated carbocycles. The molecule has 88 valence electrons. The predicted molar refractivity (Wildman–Crippen MR) is 64.6 cm³/mol. The molecule has 1 aromatic rings. The van der Waals surface area contributed by atoms with E-state index in [2.05, 4.69) is 0 Å². The molecule has 1 aromatic carbocycles. The van der Waals surface area contributed by atoms with Gasteiger partial charge in [-0.2, -0.15) is 0 Å². The van der Waals surface area contributed by atoms with Crippen molar-refractivity contribution in [1.82, 2.24) is 0 Å². The fourth-order valence-electron chi connectivity index (χ4n) is 1.58. The Balaban J connectivity index is 2.62. The third-order valence-electron chi connectivity index (χ3n) is 2.19. The van der Waals surface area contributed by atoms with Gasteiger partial charge in [-0.1, -0.05) is 12.1 Å². The first-order valence-electron chi connectivity index (χ1n) is 5.34. The molecule has 0 fully saturated rings. The van der Waals surface area contributed by atoms with Crippen LogP contribution < -0.4 is 10.5 Å². The first kappa shape index (κ1) is 12.7. The molecule has 0 aromatic heterocycles. The van der Waals surface area contributed by atoms with Gasteiger partial charge in [-0.25, -0.2) is 0 Å². The van der Waals surface area contributed by atoms with Crippen LogP contribution in [0.4, 0.5) is 0 Å². The van der Waals surface area contributed by atoms with Crippen LogP contribution in [0.2, 0.25) is 0 Å². The molecule has 3 nitrogen and oxygen atoms in total. The summed E-state index contributed by atoms with van der Waals surface area (Å²) in [7, 11) is 1.62. The van der Waals surface area contributed by atoms with E-state index in [0.717, 1.165) is 11.3 Å². The van der Waals surface area contributed by atoms with Crippen molar-refractivity contribution < 1.29 is 9.53 Å². The lowest BCUT2D eigenvalue weighted by molar-refractivity contribution is -0.119. The number of Topliss-reactive ketones (excluding diaryl/α,β-unsaturated/α-hetero) is 1. The summed E-state index contributed by atoms with van der Waals surface area (Å²) in [6, 6.07) is 7.54. The molecule has 2 N–H and O–H groups in total. The van der Waals surface area contributed by atoms with Crippen LogP contribution in [0.5, 0.6) is 5.75 Å². The van der Waals surface area contributed by atoms with E-state index in [1.54, 1.807) is 7.11 Å². The number of carbonyl (C=O) groups is 1. The van der Waals surface area contributed by atoms with Crippen molar-refractivity contribution in [2.75, 3.05) is 7.11 Å². The van der Waals surface area contributed by atoms with Gasteiger partial charge in [0.2, 0.25) is 0 Å². The third-order valence-corrected chi connectivity index (χ3v) is 2.19. The average molecular weight is 221 g/mol. The standard InChI is InChI=1S/C13H19NO2/c1-13(2,14)9-11(15)7-10-5-4-6-12(8-10)16-3/h4-6,8H,7,9,14H2,1-3H3. The van der Waals surface area contributed by atoms with Gasteiger partial charge in [-0.15, -0.1) is 0 Å². The van der Waals surface area contributed by atoms with Crippen LogP contribution in [0, 0.1) is 0 Å². The average Bonchev–Trinajstić information content (AvgIpc) is 2.15. The lowest BCUT2D eigenvalue weighted by Gasteiger charge is -2.16. The van der Waals surface area contributed by atoms with Gasteiger partial charge in [0, 0.05) is 18.4 Å². The summed E-state index contributed by atoms with van der Waals surface area (Å²) in [6.07, 6.45) is 0.808. The van der Waals surface area contributed by atoms with Crippen molar-refractivity contribution >= 4 is 5.78 Å². The van der Waals surface area contributed by atoms with Crippen molar-refractivity contribution in [3.63, 3.8) is 0 Å². The van der Waals surface area contributed by atoms with E-state index >= 15 is 0 Å². The number of ketones is 1. The number of hydrogen-bond donors (Lipinski definition) is 1. The summed E-state index contributed by atoms with van der Waals surface area (Å²) in [5.74, 6) is 0.929. The predicted octanol–water partition coefficient (Wildman–Crippen LogP) is 1.93. The van der Waals surface area contributed by atoms with Crippen molar-refractivity contribution in [2.24, 2.45) is 5.73 Å². The number of methoxy groups -OCH3 is 1. The Hall–Kier alpha value is -1.35. The molecule has 0 amide bonds. The summed E-state index contributed by atoms with van der Waals surface area (Å²) in [4.78, 5) is 11.7. The van der Waals surface area contributed by atoms with Crippen molar-refractivity contribution in [1.29, 1.82) is 0 Å². The van der Waals surface area contributed by atoms with Crippen molar-refractivity contribution in [2.45, 2.75) is 32.2 Å². The lowest BCUT2D eigenvalue weighted by atomic mass is 9.96. The quantitative estimate of drug-likeness (QED) is 0.826.